The van der Waals surface area contributed by atoms with E-state index in [9.17, 15) is 4.39 Å². The van der Waals surface area contributed by atoms with Crippen LogP contribution in [-0.2, 0) is 0 Å². The van der Waals surface area contributed by atoms with E-state index in [-0.39, 0.29) is 5.82 Å². The van der Waals surface area contributed by atoms with Gasteiger partial charge in [-0.25, -0.2) is 4.39 Å². The Kier molecular flexibility index (Phi) is 4.76. The van der Waals surface area contributed by atoms with Crippen LogP contribution in [-0.4, -0.2) is 13.6 Å². The van der Waals surface area contributed by atoms with Crippen LogP contribution in [0.2, 0.25) is 0 Å². The van der Waals surface area contributed by atoms with Crippen LogP contribution in [0.25, 0.3) is 0 Å². The van der Waals surface area contributed by atoms with Gasteiger partial charge < -0.3 is 5.32 Å². The second kappa shape index (κ2) is 5.86. The van der Waals surface area contributed by atoms with Crippen molar-refractivity contribution in [3.05, 3.63) is 35.6 Å². The Morgan fingerprint density at radius 3 is 2.60 bits per heavy atom. The summed E-state index contributed by atoms with van der Waals surface area (Å²) < 4.78 is 13.1. The lowest BCUT2D eigenvalue weighted by Gasteiger charge is -2.19. The van der Waals surface area contributed by atoms with Crippen molar-refractivity contribution in [3.8, 4) is 0 Å². The number of benzene rings is 1. The van der Waals surface area contributed by atoms with E-state index in [0.717, 1.165) is 18.5 Å². The maximum absolute atomic E-state index is 13.1. The normalized spacial score (nSPS) is 13.1. The molecule has 0 aliphatic rings. The minimum Gasteiger partial charge on any atom is -0.319 e. The topological polar surface area (TPSA) is 12.0 Å². The molecule has 0 saturated heterocycles. The molecule has 0 aliphatic carbocycles. The third kappa shape index (κ3) is 4.00. The molecular formula is C13H20FN. The van der Waals surface area contributed by atoms with Gasteiger partial charge in [-0.1, -0.05) is 26.0 Å². The molecular weight excluding hydrogens is 189 g/mol. The van der Waals surface area contributed by atoms with Gasteiger partial charge in [-0.15, -0.1) is 0 Å². The zero-order valence-corrected chi connectivity index (χ0v) is 9.76. The molecule has 1 aromatic carbocycles. The summed E-state index contributed by atoms with van der Waals surface area (Å²) >= 11 is 0. The summed E-state index contributed by atoms with van der Waals surface area (Å²) in [5, 5.41) is 3.17. The minimum atomic E-state index is -0.141. The molecule has 0 aromatic heterocycles. The first kappa shape index (κ1) is 12.2. The summed E-state index contributed by atoms with van der Waals surface area (Å²) in [7, 11) is 1.94. The van der Waals surface area contributed by atoms with Crippen molar-refractivity contribution in [1.29, 1.82) is 0 Å². The molecule has 15 heavy (non-hydrogen) atoms. The summed E-state index contributed by atoms with van der Waals surface area (Å²) in [6, 6.07) is 6.93. The molecule has 0 spiro atoms. The van der Waals surface area contributed by atoms with Crippen LogP contribution in [0.5, 0.6) is 0 Å². The highest BCUT2D eigenvalue weighted by molar-refractivity contribution is 5.21. The second-order valence-electron chi connectivity index (χ2n) is 4.44. The quantitative estimate of drug-likeness (QED) is 0.785. The van der Waals surface area contributed by atoms with Crippen LogP contribution in [0, 0.1) is 11.7 Å². The van der Waals surface area contributed by atoms with Gasteiger partial charge in [0.1, 0.15) is 5.82 Å². The van der Waals surface area contributed by atoms with Gasteiger partial charge in [0.05, 0.1) is 0 Å². The van der Waals surface area contributed by atoms with Crippen LogP contribution in [0.3, 0.4) is 0 Å². The zero-order chi connectivity index (χ0) is 11.3. The average Bonchev–Trinajstić information content (AvgIpc) is 2.16. The molecule has 0 saturated carbocycles. The molecule has 0 heterocycles. The van der Waals surface area contributed by atoms with Gasteiger partial charge in [-0.3, -0.25) is 0 Å². The molecule has 1 nitrogen and oxygen atoms in total. The number of nitrogens with one attached hydrogen (secondary N) is 1. The lowest BCUT2D eigenvalue weighted by molar-refractivity contribution is 0.481. The first-order valence-corrected chi connectivity index (χ1v) is 5.53. The number of hydrogen-bond donors (Lipinski definition) is 1. The van der Waals surface area contributed by atoms with Gasteiger partial charge in [0.15, 0.2) is 0 Å². The van der Waals surface area contributed by atoms with Gasteiger partial charge >= 0.3 is 0 Å². The van der Waals surface area contributed by atoms with E-state index in [1.165, 1.54) is 6.07 Å². The van der Waals surface area contributed by atoms with Crippen LogP contribution >= 0.6 is 0 Å². The zero-order valence-electron chi connectivity index (χ0n) is 9.76. The lowest BCUT2D eigenvalue weighted by atomic mass is 9.90. The predicted octanol–water partition coefficient (Wildman–Crippen LogP) is 3.17. The van der Waals surface area contributed by atoms with E-state index in [1.54, 1.807) is 12.1 Å². The molecule has 0 fully saturated rings. The summed E-state index contributed by atoms with van der Waals surface area (Å²) in [5.74, 6) is 0.898. The van der Waals surface area contributed by atoms with Gasteiger partial charge in [-0.05, 0) is 43.0 Å². The van der Waals surface area contributed by atoms with Crippen molar-refractivity contribution in [2.75, 3.05) is 13.6 Å². The smallest absolute Gasteiger partial charge is 0.123 e. The van der Waals surface area contributed by atoms with Gasteiger partial charge in [-0.2, -0.15) is 0 Å². The molecule has 1 rings (SSSR count). The third-order valence-corrected chi connectivity index (χ3v) is 2.53. The highest BCUT2D eigenvalue weighted by Gasteiger charge is 2.12. The van der Waals surface area contributed by atoms with Crippen molar-refractivity contribution in [3.63, 3.8) is 0 Å². The van der Waals surface area contributed by atoms with Gasteiger partial charge in [0, 0.05) is 6.54 Å². The van der Waals surface area contributed by atoms with E-state index in [0.29, 0.717) is 11.8 Å². The van der Waals surface area contributed by atoms with E-state index in [4.69, 9.17) is 0 Å². The lowest BCUT2D eigenvalue weighted by Crippen LogP contribution is -2.18. The molecule has 1 atom stereocenters. The molecule has 0 bridgehead atoms. The Bertz CT molecular complexity index is 296. The minimum absolute atomic E-state index is 0.141. The summed E-state index contributed by atoms with van der Waals surface area (Å²) in [5.41, 5.74) is 1.10. The van der Waals surface area contributed by atoms with Crippen molar-refractivity contribution < 1.29 is 4.39 Å². The highest BCUT2D eigenvalue weighted by atomic mass is 19.1. The average molecular weight is 209 g/mol. The Morgan fingerprint density at radius 2 is 2.07 bits per heavy atom. The van der Waals surface area contributed by atoms with Crippen LogP contribution in [0.4, 0.5) is 4.39 Å². The van der Waals surface area contributed by atoms with Crippen LogP contribution < -0.4 is 5.32 Å². The molecule has 0 aliphatic heterocycles. The molecule has 1 unspecified atom stereocenters. The maximum atomic E-state index is 13.1. The number of rotatable bonds is 5. The Hall–Kier alpha value is -0.890. The fourth-order valence-corrected chi connectivity index (χ4v) is 1.91. The van der Waals surface area contributed by atoms with Crippen molar-refractivity contribution >= 4 is 0 Å². The predicted molar refractivity (Wildman–Crippen MR) is 62.5 cm³/mol. The van der Waals surface area contributed by atoms with E-state index < -0.39 is 0 Å². The molecule has 84 valence electrons. The van der Waals surface area contributed by atoms with Crippen LogP contribution in [0.15, 0.2) is 24.3 Å². The van der Waals surface area contributed by atoms with E-state index in [2.05, 4.69) is 19.2 Å². The highest BCUT2D eigenvalue weighted by Crippen LogP contribution is 2.23. The Morgan fingerprint density at radius 1 is 1.33 bits per heavy atom. The number of halogens is 1. The fraction of sp³-hybridized carbons (Fsp3) is 0.538. The SMILES string of the molecule is CNCC(CC(C)C)c1cccc(F)c1. The van der Waals surface area contributed by atoms with E-state index >= 15 is 0 Å². The second-order valence-corrected chi connectivity index (χ2v) is 4.44. The first-order valence-electron chi connectivity index (χ1n) is 5.53. The largest absolute Gasteiger partial charge is 0.319 e. The summed E-state index contributed by atoms with van der Waals surface area (Å²) in [6.07, 6.45) is 1.09. The van der Waals surface area contributed by atoms with Gasteiger partial charge in [0.2, 0.25) is 0 Å². The third-order valence-electron chi connectivity index (χ3n) is 2.53. The summed E-state index contributed by atoms with van der Waals surface area (Å²) in [6.45, 7) is 5.30. The Balaban J connectivity index is 2.78. The molecule has 0 amide bonds. The Labute approximate surface area is 91.7 Å². The first-order chi connectivity index (χ1) is 7.13. The van der Waals surface area contributed by atoms with Crippen molar-refractivity contribution in [2.45, 2.75) is 26.2 Å². The number of hydrogen-bond acceptors (Lipinski definition) is 1. The summed E-state index contributed by atoms with van der Waals surface area (Å²) in [4.78, 5) is 0. The molecule has 1 aromatic rings. The molecule has 1 N–H and O–H groups in total. The van der Waals surface area contributed by atoms with Crippen LogP contribution in [0.1, 0.15) is 31.7 Å². The molecule has 2 heteroatoms. The standard InChI is InChI=1S/C13H20FN/c1-10(2)7-12(9-15-3)11-5-4-6-13(14)8-11/h4-6,8,10,12,15H,7,9H2,1-3H3. The molecule has 0 radical (unpaired) electrons. The van der Waals surface area contributed by atoms with E-state index in [1.807, 2.05) is 13.1 Å². The van der Waals surface area contributed by atoms with Gasteiger partial charge in [0.25, 0.3) is 0 Å². The fourth-order valence-electron chi connectivity index (χ4n) is 1.91. The van der Waals surface area contributed by atoms with Crippen molar-refractivity contribution in [1.82, 2.24) is 5.32 Å². The number of likely N-dealkylation sites (N-methyl/N-ethyl adjacent to an activating group) is 1. The monoisotopic (exact) mass is 209 g/mol. The van der Waals surface area contributed by atoms with Crippen molar-refractivity contribution in [2.24, 2.45) is 5.92 Å². The maximum Gasteiger partial charge on any atom is 0.123 e.